The fourth-order valence-corrected chi connectivity index (χ4v) is 2.94. The van der Waals surface area contributed by atoms with Crippen molar-refractivity contribution in [3.05, 3.63) is 41.3 Å². The zero-order valence-electron chi connectivity index (χ0n) is 13.3. The van der Waals surface area contributed by atoms with E-state index in [9.17, 15) is 9.65 Å². The molecule has 1 saturated heterocycles. The van der Waals surface area contributed by atoms with Crippen LogP contribution in [0.3, 0.4) is 0 Å². The van der Waals surface area contributed by atoms with Crippen LogP contribution in [0.2, 0.25) is 0 Å². The molecule has 1 aromatic carbocycles. The van der Waals surface area contributed by atoms with Gasteiger partial charge < -0.3 is 9.42 Å². The van der Waals surface area contributed by atoms with Crippen LogP contribution in [0.1, 0.15) is 55.8 Å². The highest BCUT2D eigenvalue weighted by Gasteiger charge is 2.27. The summed E-state index contributed by atoms with van der Waals surface area (Å²) >= 11 is 0. The van der Waals surface area contributed by atoms with Gasteiger partial charge in [0.2, 0.25) is 5.89 Å². The van der Waals surface area contributed by atoms with Gasteiger partial charge in [-0.3, -0.25) is 0 Å². The zero-order valence-corrected chi connectivity index (χ0v) is 13.3. The summed E-state index contributed by atoms with van der Waals surface area (Å²) in [6, 6.07) is 6.72. The first-order chi connectivity index (χ1) is 11.1. The predicted molar refractivity (Wildman–Crippen MR) is 83.7 cm³/mol. The summed E-state index contributed by atoms with van der Waals surface area (Å²) in [6.07, 6.45) is 1.91. The minimum atomic E-state index is -0.478. The van der Waals surface area contributed by atoms with E-state index in [1.165, 1.54) is 6.07 Å². The molecule has 5 nitrogen and oxygen atoms in total. The largest absolute Gasteiger partial charge is 0.370 e. The number of anilines is 1. The van der Waals surface area contributed by atoms with Crippen molar-refractivity contribution in [2.75, 3.05) is 18.0 Å². The van der Waals surface area contributed by atoms with Crippen molar-refractivity contribution >= 4 is 5.69 Å². The van der Waals surface area contributed by atoms with Crippen LogP contribution < -0.4 is 4.90 Å². The molecule has 0 aliphatic carbocycles. The van der Waals surface area contributed by atoms with Gasteiger partial charge in [0, 0.05) is 24.9 Å². The highest BCUT2D eigenvalue weighted by molar-refractivity contribution is 5.60. The maximum Gasteiger partial charge on any atom is 0.229 e. The third kappa shape index (κ3) is 3.04. The lowest BCUT2D eigenvalue weighted by Crippen LogP contribution is -2.35. The number of hydrogen-bond donors (Lipinski definition) is 0. The molecule has 0 amide bonds. The topological polar surface area (TPSA) is 66.0 Å². The maximum absolute atomic E-state index is 13.8. The van der Waals surface area contributed by atoms with Crippen molar-refractivity contribution in [3.63, 3.8) is 0 Å². The van der Waals surface area contributed by atoms with Crippen molar-refractivity contribution in [1.29, 1.82) is 5.26 Å². The molecule has 0 radical (unpaired) electrons. The molecule has 2 heterocycles. The number of benzene rings is 1. The summed E-state index contributed by atoms with van der Waals surface area (Å²) in [5, 5.41) is 13.3. The van der Waals surface area contributed by atoms with Gasteiger partial charge in [-0.2, -0.15) is 10.2 Å². The molecule has 0 unspecified atom stereocenters. The van der Waals surface area contributed by atoms with Crippen LogP contribution >= 0.6 is 0 Å². The molecule has 1 fully saturated rings. The van der Waals surface area contributed by atoms with Gasteiger partial charge in [0.05, 0.1) is 5.69 Å². The summed E-state index contributed by atoms with van der Waals surface area (Å²) in [7, 11) is 0. The summed E-state index contributed by atoms with van der Waals surface area (Å²) in [6.45, 7) is 5.48. The van der Waals surface area contributed by atoms with E-state index in [2.05, 4.69) is 10.1 Å². The van der Waals surface area contributed by atoms with Gasteiger partial charge in [-0.25, -0.2) is 4.39 Å². The third-order valence-electron chi connectivity index (χ3n) is 4.18. The van der Waals surface area contributed by atoms with Crippen LogP contribution in [0.5, 0.6) is 0 Å². The van der Waals surface area contributed by atoms with E-state index in [-0.39, 0.29) is 17.4 Å². The Labute approximate surface area is 134 Å². The van der Waals surface area contributed by atoms with Gasteiger partial charge in [-0.1, -0.05) is 25.1 Å². The molecule has 2 aromatic rings. The standard InChI is InChI=1S/C17H19FN4O/c1-11(2)17-20-16(21-23-17)12-5-4-8-22(10-12)15-7-3-6-14(18)13(15)9-19/h3,6-7,11-12H,4-5,8,10H2,1-2H3/t12-/m0/s1. The average molecular weight is 314 g/mol. The minimum absolute atomic E-state index is 0.101. The number of nitriles is 1. The first-order valence-electron chi connectivity index (χ1n) is 7.87. The Balaban J connectivity index is 1.84. The molecule has 1 aliphatic rings. The van der Waals surface area contributed by atoms with Crippen LogP contribution in [0.25, 0.3) is 0 Å². The number of nitrogens with zero attached hydrogens (tertiary/aromatic N) is 4. The van der Waals surface area contributed by atoms with E-state index in [4.69, 9.17) is 4.52 Å². The average Bonchev–Trinajstić information content (AvgIpc) is 3.05. The monoisotopic (exact) mass is 314 g/mol. The molecule has 1 aromatic heterocycles. The second-order valence-electron chi connectivity index (χ2n) is 6.18. The normalized spacial score (nSPS) is 18.2. The number of aromatic nitrogens is 2. The van der Waals surface area contributed by atoms with Crippen LogP contribution in [0.4, 0.5) is 10.1 Å². The number of rotatable bonds is 3. The molecule has 0 N–H and O–H groups in total. The van der Waals surface area contributed by atoms with Crippen molar-refractivity contribution in [3.8, 4) is 6.07 Å². The number of piperidine rings is 1. The fourth-order valence-electron chi connectivity index (χ4n) is 2.94. The first kappa shape index (κ1) is 15.5. The van der Waals surface area contributed by atoms with Crippen LogP contribution in [-0.4, -0.2) is 23.2 Å². The molecule has 1 atom stereocenters. The molecule has 0 spiro atoms. The lowest BCUT2D eigenvalue weighted by molar-refractivity contribution is 0.354. The second kappa shape index (κ2) is 6.37. The Kier molecular flexibility index (Phi) is 4.28. The van der Waals surface area contributed by atoms with Gasteiger partial charge in [-0.15, -0.1) is 0 Å². The quantitative estimate of drug-likeness (QED) is 0.866. The van der Waals surface area contributed by atoms with Crippen molar-refractivity contribution in [2.45, 2.75) is 38.5 Å². The molecule has 23 heavy (non-hydrogen) atoms. The lowest BCUT2D eigenvalue weighted by atomic mass is 9.96. The van der Waals surface area contributed by atoms with E-state index in [1.807, 2.05) is 24.8 Å². The molecule has 6 heteroatoms. The highest BCUT2D eigenvalue weighted by Crippen LogP contribution is 2.31. The summed E-state index contributed by atoms with van der Waals surface area (Å²) in [4.78, 5) is 6.52. The summed E-state index contributed by atoms with van der Waals surface area (Å²) < 4.78 is 19.1. The number of halogens is 1. The minimum Gasteiger partial charge on any atom is -0.370 e. The van der Waals surface area contributed by atoms with E-state index in [0.717, 1.165) is 19.4 Å². The van der Waals surface area contributed by atoms with Gasteiger partial charge >= 0.3 is 0 Å². The molecule has 1 aliphatic heterocycles. The van der Waals surface area contributed by atoms with Gasteiger partial charge in [-0.05, 0) is 25.0 Å². The molecule has 0 bridgehead atoms. The van der Waals surface area contributed by atoms with Crippen LogP contribution in [0, 0.1) is 17.1 Å². The maximum atomic E-state index is 13.8. The van der Waals surface area contributed by atoms with Crippen molar-refractivity contribution < 1.29 is 8.91 Å². The Bertz CT molecular complexity index is 734. The highest BCUT2D eigenvalue weighted by atomic mass is 19.1. The lowest BCUT2D eigenvalue weighted by Gasteiger charge is -2.33. The summed E-state index contributed by atoms with van der Waals surface area (Å²) in [5.41, 5.74) is 0.744. The Morgan fingerprint density at radius 2 is 2.26 bits per heavy atom. The van der Waals surface area contributed by atoms with Crippen molar-refractivity contribution in [2.24, 2.45) is 0 Å². The van der Waals surface area contributed by atoms with E-state index in [0.29, 0.717) is 23.9 Å². The van der Waals surface area contributed by atoms with Crippen LogP contribution in [0.15, 0.2) is 22.7 Å². The van der Waals surface area contributed by atoms with Gasteiger partial charge in [0.1, 0.15) is 17.4 Å². The molecule has 120 valence electrons. The summed E-state index contributed by atoms with van der Waals surface area (Å²) in [5.74, 6) is 1.20. The second-order valence-corrected chi connectivity index (χ2v) is 6.18. The van der Waals surface area contributed by atoms with E-state index >= 15 is 0 Å². The third-order valence-corrected chi connectivity index (χ3v) is 4.18. The molecular weight excluding hydrogens is 295 g/mol. The Morgan fingerprint density at radius 1 is 1.43 bits per heavy atom. The van der Waals surface area contributed by atoms with E-state index < -0.39 is 5.82 Å². The van der Waals surface area contributed by atoms with Crippen LogP contribution in [-0.2, 0) is 0 Å². The Hall–Kier alpha value is -2.42. The van der Waals surface area contributed by atoms with Gasteiger partial charge in [0.15, 0.2) is 5.82 Å². The van der Waals surface area contributed by atoms with E-state index in [1.54, 1.807) is 12.1 Å². The first-order valence-corrected chi connectivity index (χ1v) is 7.87. The fraction of sp³-hybridized carbons (Fsp3) is 0.471. The van der Waals surface area contributed by atoms with Gasteiger partial charge in [0.25, 0.3) is 0 Å². The smallest absolute Gasteiger partial charge is 0.229 e. The molecular formula is C17H19FN4O. The number of hydrogen-bond acceptors (Lipinski definition) is 5. The SMILES string of the molecule is CC(C)c1nc([C@H]2CCCN(c3cccc(F)c3C#N)C2)no1. The molecule has 0 saturated carbocycles. The molecule has 3 rings (SSSR count). The predicted octanol–water partition coefficient (Wildman–Crippen LogP) is 3.59. The van der Waals surface area contributed by atoms with Crippen molar-refractivity contribution in [1.82, 2.24) is 10.1 Å². The zero-order chi connectivity index (χ0) is 16.4. The Morgan fingerprint density at radius 3 is 2.96 bits per heavy atom.